The van der Waals surface area contributed by atoms with Gasteiger partial charge in [-0.2, -0.15) is 0 Å². The minimum atomic E-state index is -1.36. The third-order valence-corrected chi connectivity index (χ3v) is 5.17. The number of aliphatic hydroxyl groups excluding tert-OH is 1. The van der Waals surface area contributed by atoms with E-state index in [1.165, 1.54) is 0 Å². The van der Waals surface area contributed by atoms with Crippen molar-refractivity contribution in [2.45, 2.75) is 38.5 Å². The number of aliphatic hydroxyl groups is 2. The number of nitrogens with one attached hydrogen (secondary N) is 1. The zero-order valence-corrected chi connectivity index (χ0v) is 14.0. The van der Waals surface area contributed by atoms with Crippen LogP contribution < -0.4 is 5.32 Å². The maximum absolute atomic E-state index is 11.0. The number of aryl methyl sites for hydroxylation is 2. The van der Waals surface area contributed by atoms with Crippen LogP contribution >= 0.6 is 0 Å². The number of hydrogen-bond donors (Lipinski definition) is 3. The van der Waals surface area contributed by atoms with Gasteiger partial charge >= 0.3 is 0 Å². The molecule has 3 aromatic rings. The van der Waals surface area contributed by atoms with Gasteiger partial charge in [-0.1, -0.05) is 30.3 Å². The number of anilines is 1. The number of pyridine rings is 1. The maximum atomic E-state index is 11.0. The lowest BCUT2D eigenvalue weighted by Crippen LogP contribution is -2.47. The summed E-state index contributed by atoms with van der Waals surface area (Å²) in [5.74, 6) is 0. The van der Waals surface area contributed by atoms with E-state index in [0.29, 0.717) is 5.56 Å². The molecule has 0 bridgehead atoms. The zero-order chi connectivity index (χ0) is 17.1. The molecule has 1 aliphatic rings. The lowest BCUT2D eigenvalue weighted by atomic mass is 9.80. The van der Waals surface area contributed by atoms with Crippen molar-refractivity contribution in [2.24, 2.45) is 0 Å². The molecule has 0 aliphatic carbocycles. The van der Waals surface area contributed by atoms with Gasteiger partial charge in [0.15, 0.2) is 5.65 Å². The van der Waals surface area contributed by atoms with Gasteiger partial charge in [0.1, 0.15) is 11.7 Å². The van der Waals surface area contributed by atoms with Gasteiger partial charge in [-0.3, -0.25) is 0 Å². The number of aromatic nitrogens is 2. The molecule has 3 heterocycles. The molecule has 1 aliphatic heterocycles. The van der Waals surface area contributed by atoms with E-state index < -0.39 is 17.7 Å². The number of fused-ring (bicyclic) bond motifs is 3. The number of benzene rings is 1. The van der Waals surface area contributed by atoms with Gasteiger partial charge in [0.25, 0.3) is 0 Å². The van der Waals surface area contributed by atoms with Gasteiger partial charge in [-0.15, -0.1) is 0 Å². The standard InChI is InChI=1S/C19H21N3O2/c1-11-12(2)22-10-9-14-16(18(22)20-11)21-15(17(23)19(14,3)24)13-7-5-4-6-8-13/h4-10,15,17,21,23-24H,1-3H3/t15-,17+,19-/m1/s1. The lowest BCUT2D eigenvalue weighted by Gasteiger charge is -2.42. The van der Waals surface area contributed by atoms with Gasteiger partial charge in [0.2, 0.25) is 0 Å². The topological polar surface area (TPSA) is 69.8 Å². The molecule has 0 radical (unpaired) electrons. The predicted molar refractivity (Wildman–Crippen MR) is 93.0 cm³/mol. The second-order valence-electron chi connectivity index (χ2n) is 6.71. The van der Waals surface area contributed by atoms with Crippen molar-refractivity contribution in [1.29, 1.82) is 0 Å². The van der Waals surface area contributed by atoms with Crippen molar-refractivity contribution in [3.05, 3.63) is 65.1 Å². The van der Waals surface area contributed by atoms with E-state index in [1.54, 1.807) is 6.92 Å². The van der Waals surface area contributed by atoms with Gasteiger partial charge in [-0.25, -0.2) is 4.98 Å². The van der Waals surface area contributed by atoms with E-state index in [9.17, 15) is 10.2 Å². The summed E-state index contributed by atoms with van der Waals surface area (Å²) in [7, 11) is 0. The summed E-state index contributed by atoms with van der Waals surface area (Å²) < 4.78 is 2.01. The van der Waals surface area contributed by atoms with Crippen molar-refractivity contribution in [3.63, 3.8) is 0 Å². The summed E-state index contributed by atoms with van der Waals surface area (Å²) >= 11 is 0. The first kappa shape index (κ1) is 15.2. The third kappa shape index (κ3) is 1.98. The van der Waals surface area contributed by atoms with E-state index in [1.807, 2.05) is 60.8 Å². The molecule has 1 aromatic carbocycles. The molecular formula is C19H21N3O2. The van der Waals surface area contributed by atoms with Crippen molar-refractivity contribution in [2.75, 3.05) is 5.32 Å². The molecule has 5 nitrogen and oxygen atoms in total. The number of hydrogen-bond acceptors (Lipinski definition) is 4. The summed E-state index contributed by atoms with van der Waals surface area (Å²) in [5.41, 5.74) is 3.80. The van der Waals surface area contributed by atoms with Crippen LogP contribution in [0, 0.1) is 13.8 Å². The number of rotatable bonds is 1. The molecule has 0 spiro atoms. The molecule has 124 valence electrons. The monoisotopic (exact) mass is 323 g/mol. The molecule has 4 rings (SSSR count). The van der Waals surface area contributed by atoms with Gasteiger partial charge in [0.05, 0.1) is 17.4 Å². The Morgan fingerprint density at radius 1 is 1.17 bits per heavy atom. The molecule has 5 heteroatoms. The quantitative estimate of drug-likeness (QED) is 0.644. The van der Waals surface area contributed by atoms with Gasteiger partial charge in [-0.05, 0) is 32.4 Å². The zero-order valence-electron chi connectivity index (χ0n) is 14.0. The third-order valence-electron chi connectivity index (χ3n) is 5.17. The Morgan fingerprint density at radius 3 is 2.58 bits per heavy atom. The van der Waals surface area contributed by atoms with E-state index in [4.69, 9.17) is 0 Å². The highest BCUT2D eigenvalue weighted by atomic mass is 16.3. The molecule has 3 atom stereocenters. The second kappa shape index (κ2) is 5.06. The fourth-order valence-corrected chi connectivity index (χ4v) is 3.55. The Balaban J connectivity index is 1.95. The molecule has 2 aromatic heterocycles. The van der Waals surface area contributed by atoms with Gasteiger partial charge < -0.3 is 19.9 Å². The van der Waals surface area contributed by atoms with Crippen molar-refractivity contribution < 1.29 is 10.2 Å². The Kier molecular flexibility index (Phi) is 3.20. The minimum Gasteiger partial charge on any atom is -0.387 e. The molecule has 0 saturated carbocycles. The van der Waals surface area contributed by atoms with Crippen LogP contribution in [-0.2, 0) is 5.60 Å². The SMILES string of the molecule is Cc1nc2c3c(ccn2c1C)[C@@](C)(O)[C@@H](O)[C@@H](c1ccccc1)N3. The van der Waals surface area contributed by atoms with Crippen LogP contribution in [0.3, 0.4) is 0 Å². The van der Waals surface area contributed by atoms with Crippen LogP contribution in [0.15, 0.2) is 42.6 Å². The van der Waals surface area contributed by atoms with Crippen LogP contribution in [0.5, 0.6) is 0 Å². The first-order valence-electron chi connectivity index (χ1n) is 8.12. The molecule has 0 amide bonds. The highest BCUT2D eigenvalue weighted by Crippen LogP contribution is 2.44. The first-order chi connectivity index (χ1) is 11.4. The fraction of sp³-hybridized carbons (Fsp3) is 0.316. The van der Waals surface area contributed by atoms with E-state index in [-0.39, 0.29) is 0 Å². The molecule has 3 N–H and O–H groups in total. The van der Waals surface area contributed by atoms with Crippen molar-refractivity contribution >= 4 is 11.3 Å². The van der Waals surface area contributed by atoms with Crippen LogP contribution in [0.25, 0.3) is 5.65 Å². The van der Waals surface area contributed by atoms with Crippen LogP contribution in [0.2, 0.25) is 0 Å². The summed E-state index contributed by atoms with van der Waals surface area (Å²) in [6.07, 6.45) is 0.932. The Hall–Kier alpha value is -2.37. The van der Waals surface area contributed by atoms with Crippen LogP contribution in [-0.4, -0.2) is 25.7 Å². The predicted octanol–water partition coefficient (Wildman–Crippen LogP) is 2.69. The van der Waals surface area contributed by atoms with E-state index in [0.717, 1.165) is 28.3 Å². The lowest BCUT2D eigenvalue weighted by molar-refractivity contribution is -0.0794. The Bertz CT molecular complexity index is 915. The molecule has 0 fully saturated rings. The Morgan fingerprint density at radius 2 is 1.88 bits per heavy atom. The van der Waals surface area contributed by atoms with Crippen LogP contribution in [0.4, 0.5) is 5.69 Å². The highest BCUT2D eigenvalue weighted by Gasteiger charge is 2.45. The second-order valence-corrected chi connectivity index (χ2v) is 6.71. The average molecular weight is 323 g/mol. The van der Waals surface area contributed by atoms with Crippen molar-refractivity contribution in [1.82, 2.24) is 9.38 Å². The highest BCUT2D eigenvalue weighted by molar-refractivity contribution is 5.76. The largest absolute Gasteiger partial charge is 0.387 e. The normalized spacial score (nSPS) is 26.2. The summed E-state index contributed by atoms with van der Waals surface area (Å²) in [6.45, 7) is 5.65. The average Bonchev–Trinajstić information content (AvgIpc) is 2.87. The molecular weight excluding hydrogens is 302 g/mol. The van der Waals surface area contributed by atoms with E-state index >= 15 is 0 Å². The molecule has 0 saturated heterocycles. The number of imidazole rings is 1. The fourth-order valence-electron chi connectivity index (χ4n) is 3.55. The van der Waals surface area contributed by atoms with Crippen molar-refractivity contribution in [3.8, 4) is 0 Å². The summed E-state index contributed by atoms with van der Waals surface area (Å²) in [6, 6.07) is 11.1. The minimum absolute atomic E-state index is 0.405. The summed E-state index contributed by atoms with van der Waals surface area (Å²) in [4.78, 5) is 4.65. The van der Waals surface area contributed by atoms with E-state index in [2.05, 4.69) is 10.3 Å². The van der Waals surface area contributed by atoms with Gasteiger partial charge in [0, 0.05) is 17.5 Å². The molecule has 24 heavy (non-hydrogen) atoms. The number of nitrogens with zero attached hydrogens (tertiary/aromatic N) is 2. The van der Waals surface area contributed by atoms with Crippen LogP contribution in [0.1, 0.15) is 35.5 Å². The molecule has 0 unspecified atom stereocenters. The smallest absolute Gasteiger partial charge is 0.161 e. The maximum Gasteiger partial charge on any atom is 0.161 e. The first-order valence-corrected chi connectivity index (χ1v) is 8.12. The summed E-state index contributed by atoms with van der Waals surface area (Å²) in [5, 5.41) is 25.2. The Labute approximate surface area is 140 Å².